The van der Waals surface area contributed by atoms with Crippen LogP contribution in [-0.2, 0) is 17.8 Å². The van der Waals surface area contributed by atoms with Gasteiger partial charge in [-0.05, 0) is 60.2 Å². The van der Waals surface area contributed by atoms with Crippen LogP contribution in [0.5, 0.6) is 5.75 Å². The van der Waals surface area contributed by atoms with Crippen LogP contribution in [0.4, 0.5) is 0 Å². The predicted octanol–water partition coefficient (Wildman–Crippen LogP) is 6.36. The molecule has 0 saturated heterocycles. The Kier molecular flexibility index (Phi) is 5.65. The molecule has 2 aromatic rings. The van der Waals surface area contributed by atoms with Gasteiger partial charge in [-0.15, -0.1) is 0 Å². The number of carbonyl (C=O) groups is 2. The molecular weight excluding hydrogens is 423 g/mol. The summed E-state index contributed by atoms with van der Waals surface area (Å²) < 4.78 is 5.94. The molecule has 0 spiro atoms. The Hall–Kier alpha value is -2.30. The van der Waals surface area contributed by atoms with E-state index in [-0.39, 0.29) is 23.4 Å². The molecule has 4 nitrogen and oxygen atoms in total. The molecule has 1 N–H and O–H groups in total. The summed E-state index contributed by atoms with van der Waals surface area (Å²) >= 11 is 13.2. The van der Waals surface area contributed by atoms with Crippen LogP contribution in [0.3, 0.4) is 0 Å². The molecule has 156 valence electrons. The fourth-order valence-corrected chi connectivity index (χ4v) is 5.26. The van der Waals surface area contributed by atoms with Crippen molar-refractivity contribution in [2.45, 2.75) is 45.6 Å². The van der Waals surface area contributed by atoms with E-state index in [1.165, 1.54) is 6.07 Å². The molecule has 2 aliphatic rings. The lowest BCUT2D eigenvalue weighted by molar-refractivity contribution is -0.115. The summed E-state index contributed by atoms with van der Waals surface area (Å²) in [5.41, 5.74) is 3.81. The SMILES string of the molecule is CCCC12CCC(=O)C=C1c1c(cc(OCc3cccc(C(=O)O)c3)c(Cl)c1Cl)C2. The van der Waals surface area contributed by atoms with E-state index >= 15 is 0 Å². The maximum Gasteiger partial charge on any atom is 0.335 e. The van der Waals surface area contributed by atoms with Crippen molar-refractivity contribution in [2.75, 3.05) is 0 Å². The average molecular weight is 445 g/mol. The number of hydrogen-bond donors (Lipinski definition) is 1. The van der Waals surface area contributed by atoms with E-state index in [1.54, 1.807) is 24.3 Å². The van der Waals surface area contributed by atoms with Gasteiger partial charge in [-0.25, -0.2) is 4.79 Å². The lowest BCUT2D eigenvalue weighted by Gasteiger charge is -2.33. The minimum atomic E-state index is -0.984. The number of ether oxygens (including phenoxy) is 1. The Bertz CT molecular complexity index is 1070. The monoisotopic (exact) mass is 444 g/mol. The third-order valence-corrected chi connectivity index (χ3v) is 6.93. The van der Waals surface area contributed by atoms with Crippen LogP contribution in [0, 0.1) is 5.41 Å². The lowest BCUT2D eigenvalue weighted by Crippen LogP contribution is -2.25. The molecular formula is C24H22Cl2O4. The minimum Gasteiger partial charge on any atom is -0.487 e. The number of carboxylic acid groups (broad SMARTS) is 1. The second-order valence-electron chi connectivity index (χ2n) is 8.06. The molecule has 0 radical (unpaired) electrons. The normalized spacial score (nSPS) is 19.8. The third-order valence-electron chi connectivity index (χ3n) is 6.08. The number of rotatable bonds is 6. The molecule has 30 heavy (non-hydrogen) atoms. The van der Waals surface area contributed by atoms with Gasteiger partial charge in [-0.1, -0.05) is 48.7 Å². The van der Waals surface area contributed by atoms with E-state index in [0.29, 0.717) is 22.2 Å². The Morgan fingerprint density at radius 2 is 2.03 bits per heavy atom. The van der Waals surface area contributed by atoms with Crippen molar-refractivity contribution >= 4 is 40.5 Å². The molecule has 4 rings (SSSR count). The number of halogens is 2. The number of benzene rings is 2. The summed E-state index contributed by atoms with van der Waals surface area (Å²) in [7, 11) is 0. The van der Waals surface area contributed by atoms with E-state index < -0.39 is 5.97 Å². The smallest absolute Gasteiger partial charge is 0.335 e. The molecule has 0 amide bonds. The van der Waals surface area contributed by atoms with Crippen LogP contribution >= 0.6 is 23.2 Å². The first-order valence-corrected chi connectivity index (χ1v) is 10.8. The molecule has 2 aliphatic carbocycles. The minimum absolute atomic E-state index is 0.0631. The molecule has 1 unspecified atom stereocenters. The number of ketones is 1. The number of fused-ring (bicyclic) bond motifs is 3. The van der Waals surface area contributed by atoms with Gasteiger partial charge in [0.05, 0.1) is 10.6 Å². The summed E-state index contributed by atoms with van der Waals surface area (Å²) in [6.45, 7) is 2.33. The van der Waals surface area contributed by atoms with Crippen LogP contribution in [0.15, 0.2) is 36.4 Å². The van der Waals surface area contributed by atoms with Gasteiger partial charge in [-0.3, -0.25) is 4.79 Å². The highest BCUT2D eigenvalue weighted by Crippen LogP contribution is 2.58. The number of carbonyl (C=O) groups excluding carboxylic acids is 1. The summed E-state index contributed by atoms with van der Waals surface area (Å²) in [5.74, 6) is -0.379. The molecule has 2 aromatic carbocycles. The molecule has 1 atom stereocenters. The zero-order chi connectivity index (χ0) is 21.5. The van der Waals surface area contributed by atoms with E-state index in [4.69, 9.17) is 33.0 Å². The highest BCUT2D eigenvalue weighted by molar-refractivity contribution is 6.44. The van der Waals surface area contributed by atoms with Gasteiger partial charge in [0.25, 0.3) is 0 Å². The van der Waals surface area contributed by atoms with Crippen molar-refractivity contribution in [3.8, 4) is 5.75 Å². The predicted molar refractivity (Wildman–Crippen MR) is 117 cm³/mol. The van der Waals surface area contributed by atoms with Crippen molar-refractivity contribution in [1.82, 2.24) is 0 Å². The molecule has 0 aromatic heterocycles. The van der Waals surface area contributed by atoms with Crippen LogP contribution in [-0.4, -0.2) is 16.9 Å². The van der Waals surface area contributed by atoms with Crippen molar-refractivity contribution in [3.63, 3.8) is 0 Å². The highest BCUT2D eigenvalue weighted by atomic mass is 35.5. The van der Waals surface area contributed by atoms with Gasteiger partial charge < -0.3 is 9.84 Å². The third kappa shape index (κ3) is 3.63. The summed E-state index contributed by atoms with van der Waals surface area (Å²) in [4.78, 5) is 23.3. The van der Waals surface area contributed by atoms with Crippen LogP contribution in [0.2, 0.25) is 10.0 Å². The second-order valence-corrected chi connectivity index (χ2v) is 8.82. The molecule has 0 fully saturated rings. The average Bonchev–Trinajstić information content (AvgIpc) is 3.03. The summed E-state index contributed by atoms with van der Waals surface area (Å²) in [5, 5.41) is 9.89. The summed E-state index contributed by atoms with van der Waals surface area (Å²) in [6.07, 6.45) is 5.97. The van der Waals surface area contributed by atoms with E-state index in [0.717, 1.165) is 47.9 Å². The van der Waals surface area contributed by atoms with Gasteiger partial charge in [-0.2, -0.15) is 0 Å². The number of aromatic carboxylic acids is 1. The Morgan fingerprint density at radius 3 is 2.77 bits per heavy atom. The first kappa shape index (κ1) is 21.0. The first-order valence-electron chi connectivity index (χ1n) is 10.1. The van der Waals surface area contributed by atoms with E-state index in [9.17, 15) is 9.59 Å². The number of allylic oxidation sites excluding steroid dienone is 2. The Morgan fingerprint density at radius 1 is 1.23 bits per heavy atom. The molecule has 0 saturated carbocycles. The van der Waals surface area contributed by atoms with Crippen LogP contribution < -0.4 is 4.74 Å². The molecule has 0 bridgehead atoms. The van der Waals surface area contributed by atoms with Gasteiger partial charge in [0.2, 0.25) is 0 Å². The van der Waals surface area contributed by atoms with Gasteiger partial charge in [0.15, 0.2) is 5.78 Å². The number of carboxylic acids is 1. The molecule has 6 heteroatoms. The maximum absolute atomic E-state index is 12.1. The maximum atomic E-state index is 12.1. The van der Waals surface area contributed by atoms with Gasteiger partial charge in [0, 0.05) is 17.4 Å². The Labute approximate surface area is 185 Å². The fraction of sp³-hybridized carbons (Fsp3) is 0.333. The van der Waals surface area contributed by atoms with Crippen molar-refractivity contribution < 1.29 is 19.4 Å². The van der Waals surface area contributed by atoms with Gasteiger partial charge >= 0.3 is 5.97 Å². The van der Waals surface area contributed by atoms with Gasteiger partial charge in [0.1, 0.15) is 17.4 Å². The first-order chi connectivity index (χ1) is 14.3. The second kappa shape index (κ2) is 8.09. The zero-order valence-corrected chi connectivity index (χ0v) is 18.1. The van der Waals surface area contributed by atoms with Crippen molar-refractivity contribution in [3.05, 3.63) is 68.7 Å². The topological polar surface area (TPSA) is 63.6 Å². The van der Waals surface area contributed by atoms with Crippen LogP contribution in [0.1, 0.15) is 59.7 Å². The van der Waals surface area contributed by atoms with E-state index in [1.807, 2.05) is 6.07 Å². The summed E-state index contributed by atoms with van der Waals surface area (Å²) in [6, 6.07) is 8.52. The quantitative estimate of drug-likeness (QED) is 0.562. The molecule has 0 aliphatic heterocycles. The standard InChI is InChI=1S/C24H22Cl2O4/c1-2-7-24-8-6-17(27)11-18(24)20-16(12-24)10-19(21(25)22(20)26)30-13-14-4-3-5-15(9-14)23(28)29/h3-5,9-11H,2,6-8,12-13H2,1H3,(H,28,29). The lowest BCUT2D eigenvalue weighted by atomic mass is 9.70. The zero-order valence-electron chi connectivity index (χ0n) is 16.6. The van der Waals surface area contributed by atoms with Crippen LogP contribution in [0.25, 0.3) is 5.57 Å². The Balaban J connectivity index is 1.67. The largest absolute Gasteiger partial charge is 0.487 e. The van der Waals surface area contributed by atoms with Crippen molar-refractivity contribution in [2.24, 2.45) is 5.41 Å². The highest BCUT2D eigenvalue weighted by Gasteiger charge is 2.45. The van der Waals surface area contributed by atoms with Crippen molar-refractivity contribution in [1.29, 1.82) is 0 Å². The molecule has 0 heterocycles. The van der Waals surface area contributed by atoms with E-state index in [2.05, 4.69) is 6.92 Å². The fourth-order valence-electron chi connectivity index (χ4n) is 4.74. The number of hydrogen-bond acceptors (Lipinski definition) is 3.